The minimum atomic E-state index is -3.51. The quantitative estimate of drug-likeness (QED) is 0.806. The molecule has 10 heteroatoms. The molecule has 1 aromatic carbocycles. The van der Waals surface area contributed by atoms with Crippen LogP contribution in [0, 0.1) is 5.82 Å². The lowest BCUT2D eigenvalue weighted by molar-refractivity contribution is 0.456. The fourth-order valence-corrected chi connectivity index (χ4v) is 3.80. The van der Waals surface area contributed by atoms with Gasteiger partial charge in [0.1, 0.15) is 11.6 Å². The molecular formula is C16H22FN5O3S. The van der Waals surface area contributed by atoms with Gasteiger partial charge in [0, 0.05) is 33.1 Å². The monoisotopic (exact) mass is 383 g/mol. The Morgan fingerprint density at radius 2 is 1.96 bits per heavy atom. The average molecular weight is 383 g/mol. The summed E-state index contributed by atoms with van der Waals surface area (Å²) < 4.78 is 43.7. The van der Waals surface area contributed by atoms with Crippen molar-refractivity contribution in [3.05, 3.63) is 52.0 Å². The van der Waals surface area contributed by atoms with Gasteiger partial charge in [0.05, 0.1) is 6.54 Å². The van der Waals surface area contributed by atoms with E-state index in [2.05, 4.69) is 9.82 Å². The third-order valence-corrected chi connectivity index (χ3v) is 6.05. The third kappa shape index (κ3) is 4.02. The van der Waals surface area contributed by atoms with Crippen molar-refractivity contribution in [1.82, 2.24) is 23.4 Å². The van der Waals surface area contributed by atoms with Gasteiger partial charge in [0.25, 0.3) is 10.2 Å². The number of hydrogen-bond acceptors (Lipinski definition) is 4. The molecule has 1 aliphatic rings. The first-order valence-corrected chi connectivity index (χ1v) is 9.81. The smallest absolute Gasteiger partial charge is 0.279 e. The zero-order chi connectivity index (χ0) is 18.9. The molecular weight excluding hydrogens is 361 g/mol. The van der Waals surface area contributed by atoms with Crippen LogP contribution >= 0.6 is 0 Å². The van der Waals surface area contributed by atoms with Gasteiger partial charge < -0.3 is 0 Å². The van der Waals surface area contributed by atoms with E-state index in [1.807, 2.05) is 0 Å². The summed E-state index contributed by atoms with van der Waals surface area (Å²) in [5.74, 6) is 0.316. The maximum atomic E-state index is 13.0. The van der Waals surface area contributed by atoms with Crippen LogP contribution in [0.4, 0.5) is 4.39 Å². The molecule has 1 N–H and O–H groups in total. The first-order chi connectivity index (χ1) is 12.3. The van der Waals surface area contributed by atoms with Crippen LogP contribution in [0.3, 0.4) is 0 Å². The molecule has 2 heterocycles. The normalized spacial score (nSPS) is 17.9. The Labute approximate surface area is 151 Å². The molecule has 0 spiro atoms. The molecule has 0 saturated carbocycles. The predicted molar refractivity (Wildman–Crippen MR) is 94.5 cm³/mol. The molecule has 8 nitrogen and oxygen atoms in total. The van der Waals surface area contributed by atoms with Gasteiger partial charge in [-0.1, -0.05) is 12.1 Å². The van der Waals surface area contributed by atoms with Crippen molar-refractivity contribution in [2.24, 2.45) is 0 Å². The number of halogens is 1. The van der Waals surface area contributed by atoms with Crippen molar-refractivity contribution in [3.63, 3.8) is 0 Å². The Morgan fingerprint density at radius 1 is 1.27 bits per heavy atom. The van der Waals surface area contributed by atoms with Crippen LogP contribution in [0.5, 0.6) is 0 Å². The molecule has 1 unspecified atom stereocenters. The second-order valence-electron chi connectivity index (χ2n) is 6.56. The highest BCUT2D eigenvalue weighted by molar-refractivity contribution is 7.87. The van der Waals surface area contributed by atoms with Crippen LogP contribution in [0.15, 0.2) is 29.1 Å². The Bertz CT molecular complexity index is 934. The molecule has 1 atom stereocenters. The van der Waals surface area contributed by atoms with Gasteiger partial charge in [-0.3, -0.25) is 4.57 Å². The van der Waals surface area contributed by atoms with Crippen LogP contribution in [-0.2, 0) is 29.7 Å². The number of hydrogen-bond donors (Lipinski definition) is 1. The Balaban J connectivity index is 1.73. The van der Waals surface area contributed by atoms with Gasteiger partial charge in [0.15, 0.2) is 0 Å². The van der Waals surface area contributed by atoms with E-state index in [-0.39, 0.29) is 24.1 Å². The first-order valence-electron chi connectivity index (χ1n) is 8.37. The molecule has 0 aliphatic carbocycles. The largest absolute Gasteiger partial charge is 0.346 e. The van der Waals surface area contributed by atoms with E-state index in [4.69, 9.17) is 0 Å². The van der Waals surface area contributed by atoms with Crippen molar-refractivity contribution < 1.29 is 12.8 Å². The molecule has 0 radical (unpaired) electrons. The number of nitrogens with zero attached hydrogens (tertiary/aromatic N) is 4. The molecule has 1 aromatic heterocycles. The molecule has 0 fully saturated rings. The maximum absolute atomic E-state index is 13.0. The van der Waals surface area contributed by atoms with Gasteiger partial charge in [0.2, 0.25) is 0 Å². The lowest BCUT2D eigenvalue weighted by atomic mass is 10.1. The summed E-state index contributed by atoms with van der Waals surface area (Å²) >= 11 is 0. The van der Waals surface area contributed by atoms with Crippen molar-refractivity contribution >= 4 is 10.2 Å². The molecule has 0 bridgehead atoms. The molecule has 2 aromatic rings. The number of rotatable bonds is 5. The third-order valence-electron chi connectivity index (χ3n) is 4.46. The molecule has 0 amide bonds. The predicted octanol–water partition coefficient (Wildman–Crippen LogP) is 0.333. The standard InChI is InChI=1S/C16H22FN5O3S/c1-20(2)26(24,25)19-14-7-8-15-18-22(16(23)21(15)10-9-14)11-12-3-5-13(17)6-4-12/h3-6,14,19H,7-11H2,1-2H3. The van der Waals surface area contributed by atoms with E-state index in [1.165, 1.54) is 30.9 Å². The van der Waals surface area contributed by atoms with E-state index < -0.39 is 10.2 Å². The zero-order valence-corrected chi connectivity index (χ0v) is 15.5. The summed E-state index contributed by atoms with van der Waals surface area (Å²) in [6.07, 6.45) is 1.59. The van der Waals surface area contributed by atoms with Crippen LogP contribution in [0.25, 0.3) is 0 Å². The minimum absolute atomic E-state index is 0.236. The van der Waals surface area contributed by atoms with E-state index in [9.17, 15) is 17.6 Å². The highest BCUT2D eigenvalue weighted by Gasteiger charge is 2.25. The number of aromatic nitrogens is 3. The van der Waals surface area contributed by atoms with E-state index in [1.54, 1.807) is 16.7 Å². The average Bonchev–Trinajstić information content (AvgIpc) is 2.74. The van der Waals surface area contributed by atoms with Gasteiger partial charge in [-0.25, -0.2) is 13.9 Å². The van der Waals surface area contributed by atoms with Crippen molar-refractivity contribution in [3.8, 4) is 0 Å². The van der Waals surface area contributed by atoms with Crippen molar-refractivity contribution in [1.29, 1.82) is 0 Å². The Kier molecular flexibility index (Phi) is 5.26. The minimum Gasteiger partial charge on any atom is -0.279 e. The van der Waals surface area contributed by atoms with E-state index in [0.717, 1.165) is 9.87 Å². The van der Waals surface area contributed by atoms with E-state index in [0.29, 0.717) is 31.6 Å². The van der Waals surface area contributed by atoms with Gasteiger partial charge in [-0.15, -0.1) is 0 Å². The summed E-state index contributed by atoms with van der Waals surface area (Å²) in [4.78, 5) is 12.6. The molecule has 1 aliphatic heterocycles. The number of fused-ring (bicyclic) bond motifs is 1. The van der Waals surface area contributed by atoms with Crippen LogP contribution in [0.2, 0.25) is 0 Å². The van der Waals surface area contributed by atoms with Crippen molar-refractivity contribution in [2.75, 3.05) is 14.1 Å². The summed E-state index contributed by atoms with van der Waals surface area (Å²) in [6, 6.07) is 5.71. The zero-order valence-electron chi connectivity index (χ0n) is 14.7. The number of nitrogens with one attached hydrogen (secondary N) is 1. The fourth-order valence-electron chi connectivity index (χ4n) is 2.93. The van der Waals surface area contributed by atoms with Crippen molar-refractivity contribution in [2.45, 2.75) is 38.4 Å². The van der Waals surface area contributed by atoms with E-state index >= 15 is 0 Å². The molecule has 142 valence electrons. The SMILES string of the molecule is CN(C)S(=O)(=O)NC1CCc2nn(Cc3ccc(F)cc3)c(=O)n2CC1. The Hall–Kier alpha value is -2.04. The van der Waals surface area contributed by atoms with Gasteiger partial charge >= 0.3 is 5.69 Å². The van der Waals surface area contributed by atoms with Gasteiger partial charge in [-0.2, -0.15) is 22.5 Å². The summed E-state index contributed by atoms with van der Waals surface area (Å²) in [5.41, 5.74) is 0.554. The summed E-state index contributed by atoms with van der Waals surface area (Å²) in [6.45, 7) is 0.675. The highest BCUT2D eigenvalue weighted by atomic mass is 32.2. The summed E-state index contributed by atoms with van der Waals surface area (Å²) in [5, 5.41) is 4.38. The molecule has 26 heavy (non-hydrogen) atoms. The second kappa shape index (κ2) is 7.29. The lowest BCUT2D eigenvalue weighted by Gasteiger charge is -2.19. The second-order valence-corrected chi connectivity index (χ2v) is 8.48. The number of benzene rings is 1. The fraction of sp³-hybridized carbons (Fsp3) is 0.500. The molecule has 0 saturated heterocycles. The van der Waals surface area contributed by atoms with Gasteiger partial charge in [-0.05, 0) is 30.5 Å². The van der Waals surface area contributed by atoms with Crippen LogP contribution in [-0.4, -0.2) is 47.2 Å². The topological polar surface area (TPSA) is 89.2 Å². The Morgan fingerprint density at radius 3 is 2.62 bits per heavy atom. The number of aryl methyl sites for hydroxylation is 1. The highest BCUT2D eigenvalue weighted by Crippen LogP contribution is 2.14. The molecule has 3 rings (SSSR count). The van der Waals surface area contributed by atoms with Crippen LogP contribution < -0.4 is 10.4 Å². The lowest BCUT2D eigenvalue weighted by Crippen LogP contribution is -2.42. The maximum Gasteiger partial charge on any atom is 0.346 e. The first kappa shape index (κ1) is 18.7. The summed E-state index contributed by atoms with van der Waals surface area (Å²) in [7, 11) is -0.566. The van der Waals surface area contributed by atoms with Crippen LogP contribution in [0.1, 0.15) is 24.2 Å².